The summed E-state index contributed by atoms with van der Waals surface area (Å²) in [5.74, 6) is -0.924. The highest BCUT2D eigenvalue weighted by Crippen LogP contribution is 2.51. The van der Waals surface area contributed by atoms with E-state index in [0.717, 1.165) is 6.42 Å². The van der Waals surface area contributed by atoms with Gasteiger partial charge in [0.1, 0.15) is 40.6 Å². The lowest BCUT2D eigenvalue weighted by Crippen LogP contribution is -2.10. The van der Waals surface area contributed by atoms with E-state index in [4.69, 9.17) is 4.74 Å². The van der Waals surface area contributed by atoms with Crippen molar-refractivity contribution in [2.24, 2.45) is 20.5 Å². The van der Waals surface area contributed by atoms with Gasteiger partial charge in [0.15, 0.2) is 0 Å². The third-order valence-corrected chi connectivity index (χ3v) is 6.02. The van der Waals surface area contributed by atoms with E-state index in [1.54, 1.807) is 26.2 Å². The average Bonchev–Trinajstić information content (AvgIpc) is 2.92. The second-order valence-corrected chi connectivity index (χ2v) is 8.58. The van der Waals surface area contributed by atoms with Crippen LogP contribution in [0.15, 0.2) is 50.8 Å². The lowest BCUT2D eigenvalue weighted by Gasteiger charge is -2.13. The third kappa shape index (κ3) is 5.07. The van der Waals surface area contributed by atoms with Crippen LogP contribution in [0.3, 0.4) is 0 Å². The van der Waals surface area contributed by atoms with Gasteiger partial charge in [-0.1, -0.05) is 19.1 Å². The maximum absolute atomic E-state index is 11.1. The van der Waals surface area contributed by atoms with E-state index in [-0.39, 0.29) is 61.5 Å². The number of rotatable bonds is 9. The molecule has 1 aromatic heterocycles. The van der Waals surface area contributed by atoms with Crippen LogP contribution in [0, 0.1) is 18.3 Å². The van der Waals surface area contributed by atoms with E-state index in [2.05, 4.69) is 36.8 Å². The van der Waals surface area contributed by atoms with Crippen LogP contribution >= 0.6 is 0 Å². The van der Waals surface area contributed by atoms with Gasteiger partial charge in [-0.2, -0.15) is 10.4 Å². The summed E-state index contributed by atoms with van der Waals surface area (Å²) >= 11 is 0. The summed E-state index contributed by atoms with van der Waals surface area (Å²) in [6.45, 7) is 4.93. The number of aromatic nitrogens is 1. The van der Waals surface area contributed by atoms with Crippen LogP contribution in [0.4, 0.5) is 23.0 Å². The van der Waals surface area contributed by atoms with Crippen LogP contribution in [-0.2, 0) is 4.74 Å². The fourth-order valence-electron chi connectivity index (χ4n) is 4.11. The first kappa shape index (κ1) is 27.0. The second kappa shape index (κ2) is 11.6. The molecule has 0 radical (unpaired) electrons. The van der Waals surface area contributed by atoms with E-state index in [0.29, 0.717) is 31.1 Å². The number of fused-ring (bicyclic) bond motifs is 2. The first-order valence-electron chi connectivity index (χ1n) is 12.1. The summed E-state index contributed by atoms with van der Waals surface area (Å²) < 4.78 is 5.07. The third-order valence-electron chi connectivity index (χ3n) is 6.02. The standard InChI is InChI=1S/C27H27N7O5/c1-4-10-30-34-27-23(14(2)16(13-28)26(31-27)29-11-12-39-3)33-32-17-7-5-6-15-20(17)25(38)22-19(36)9-8-18(35)21(22)24(15)37/h5-9,35-38H,4,10-12H2,1-3H3,(H,29,31). The zero-order valence-corrected chi connectivity index (χ0v) is 21.6. The quantitative estimate of drug-likeness (QED) is 0.0716. The molecule has 12 heteroatoms. The number of hydrogen-bond donors (Lipinski definition) is 5. The minimum Gasteiger partial charge on any atom is -0.507 e. The van der Waals surface area contributed by atoms with E-state index >= 15 is 0 Å². The topological polar surface area (TPSA) is 188 Å². The summed E-state index contributed by atoms with van der Waals surface area (Å²) in [6.07, 6.45) is 0.768. The van der Waals surface area contributed by atoms with E-state index in [9.17, 15) is 25.7 Å². The van der Waals surface area contributed by atoms with Crippen LogP contribution in [0.1, 0.15) is 24.5 Å². The fraction of sp³-hybridized carbons (Fsp3) is 0.259. The van der Waals surface area contributed by atoms with Crippen LogP contribution in [0.25, 0.3) is 21.5 Å². The number of aromatic hydroxyl groups is 4. The number of nitrogens with one attached hydrogen (secondary N) is 1. The number of nitrogens with zero attached hydrogens (tertiary/aromatic N) is 6. The molecule has 0 amide bonds. The van der Waals surface area contributed by atoms with Crippen molar-refractivity contribution >= 4 is 44.6 Å². The monoisotopic (exact) mass is 529 g/mol. The number of nitriles is 1. The molecule has 0 aliphatic carbocycles. The largest absolute Gasteiger partial charge is 0.507 e. The zero-order valence-electron chi connectivity index (χ0n) is 21.6. The van der Waals surface area contributed by atoms with Crippen molar-refractivity contribution in [1.82, 2.24) is 4.98 Å². The molecule has 0 spiro atoms. The van der Waals surface area contributed by atoms with Gasteiger partial charge >= 0.3 is 0 Å². The molecule has 3 aromatic carbocycles. The van der Waals surface area contributed by atoms with Gasteiger partial charge in [0.2, 0.25) is 5.82 Å². The Bertz CT molecular complexity index is 1660. The van der Waals surface area contributed by atoms with Crippen LogP contribution in [-0.4, -0.2) is 52.2 Å². The predicted molar refractivity (Wildman–Crippen MR) is 146 cm³/mol. The number of ether oxygens (including phenoxy) is 1. The molecule has 0 aliphatic heterocycles. The Balaban J connectivity index is 1.92. The molecule has 5 N–H and O–H groups in total. The van der Waals surface area contributed by atoms with Gasteiger partial charge in [0, 0.05) is 24.6 Å². The highest BCUT2D eigenvalue weighted by atomic mass is 16.5. The van der Waals surface area contributed by atoms with Gasteiger partial charge in [-0.15, -0.1) is 15.3 Å². The number of methoxy groups -OCH3 is 1. The van der Waals surface area contributed by atoms with Gasteiger partial charge in [0.25, 0.3) is 0 Å². The molecular formula is C27H27N7O5. The zero-order chi connectivity index (χ0) is 28.1. The summed E-state index contributed by atoms with van der Waals surface area (Å²) in [7, 11) is 1.57. The molecule has 0 bridgehead atoms. The maximum atomic E-state index is 11.1. The summed E-state index contributed by atoms with van der Waals surface area (Å²) in [5.41, 5.74) is 1.06. The first-order valence-corrected chi connectivity index (χ1v) is 12.1. The van der Waals surface area contributed by atoms with Crippen molar-refractivity contribution in [1.29, 1.82) is 5.26 Å². The van der Waals surface area contributed by atoms with E-state index in [1.807, 2.05) is 6.92 Å². The highest BCUT2D eigenvalue weighted by Gasteiger charge is 2.22. The molecule has 0 atom stereocenters. The molecule has 0 aliphatic rings. The van der Waals surface area contributed by atoms with Gasteiger partial charge in [-0.3, -0.25) is 0 Å². The van der Waals surface area contributed by atoms with Gasteiger partial charge in [-0.25, -0.2) is 4.98 Å². The number of phenolic OH excluding ortho intramolecular Hbond substituents is 4. The second-order valence-electron chi connectivity index (χ2n) is 8.58. The summed E-state index contributed by atoms with van der Waals surface area (Å²) in [4.78, 5) is 4.46. The molecular weight excluding hydrogens is 502 g/mol. The molecule has 0 fully saturated rings. The molecule has 4 aromatic rings. The van der Waals surface area contributed by atoms with E-state index in [1.165, 1.54) is 18.2 Å². The minimum absolute atomic E-state index is 0.0945. The molecule has 12 nitrogen and oxygen atoms in total. The average molecular weight is 530 g/mol. The van der Waals surface area contributed by atoms with Gasteiger partial charge in [0.05, 0.1) is 40.6 Å². The van der Waals surface area contributed by atoms with Crippen molar-refractivity contribution in [2.45, 2.75) is 20.3 Å². The maximum Gasteiger partial charge on any atom is 0.204 e. The summed E-state index contributed by atoms with van der Waals surface area (Å²) in [6, 6.07) is 9.26. The van der Waals surface area contributed by atoms with Gasteiger partial charge < -0.3 is 30.5 Å². The Morgan fingerprint density at radius 2 is 1.69 bits per heavy atom. The molecule has 200 valence electrons. The summed E-state index contributed by atoms with van der Waals surface area (Å²) in [5, 5.41) is 72.6. The Morgan fingerprint density at radius 3 is 2.36 bits per heavy atom. The van der Waals surface area contributed by atoms with Crippen LogP contribution in [0.2, 0.25) is 0 Å². The number of anilines is 1. The number of azo groups is 2. The Hall–Kier alpha value is -5.02. The van der Waals surface area contributed by atoms with Crippen molar-refractivity contribution < 1.29 is 25.2 Å². The number of pyridine rings is 1. The Kier molecular flexibility index (Phi) is 8.02. The van der Waals surface area contributed by atoms with Crippen molar-refractivity contribution in [2.75, 3.05) is 32.1 Å². The molecule has 4 rings (SSSR count). The first-order chi connectivity index (χ1) is 18.8. The van der Waals surface area contributed by atoms with E-state index < -0.39 is 5.75 Å². The fourth-order valence-corrected chi connectivity index (χ4v) is 4.11. The van der Waals surface area contributed by atoms with Crippen LogP contribution < -0.4 is 5.32 Å². The SMILES string of the molecule is CCCN=Nc1nc(NCCOC)c(C#N)c(C)c1N=Nc1cccc2c(O)c3c(O)ccc(O)c3c(O)c12. The Labute approximate surface area is 223 Å². The van der Waals surface area contributed by atoms with Crippen molar-refractivity contribution in [3.8, 4) is 29.1 Å². The lowest BCUT2D eigenvalue weighted by atomic mass is 9.98. The van der Waals surface area contributed by atoms with Crippen LogP contribution in [0.5, 0.6) is 23.0 Å². The smallest absolute Gasteiger partial charge is 0.204 e. The molecule has 0 saturated heterocycles. The lowest BCUT2D eigenvalue weighted by molar-refractivity contribution is 0.210. The number of hydrogen-bond acceptors (Lipinski definition) is 12. The van der Waals surface area contributed by atoms with Crippen molar-refractivity contribution in [3.63, 3.8) is 0 Å². The molecule has 0 saturated carbocycles. The molecule has 39 heavy (non-hydrogen) atoms. The normalized spacial score (nSPS) is 11.6. The predicted octanol–water partition coefficient (Wildman–Crippen LogP) is 6.36. The number of phenols is 4. The number of benzene rings is 3. The molecule has 1 heterocycles. The highest BCUT2D eigenvalue weighted by molar-refractivity contribution is 6.17. The minimum atomic E-state index is -0.395. The molecule has 0 unspecified atom stereocenters. The van der Waals surface area contributed by atoms with Crippen molar-refractivity contribution in [3.05, 3.63) is 41.5 Å². The van der Waals surface area contributed by atoms with Gasteiger partial charge in [-0.05, 0) is 31.5 Å². The Morgan fingerprint density at radius 1 is 0.974 bits per heavy atom.